The van der Waals surface area contributed by atoms with Gasteiger partial charge in [-0.3, -0.25) is 4.79 Å². The van der Waals surface area contributed by atoms with Crippen molar-refractivity contribution in [2.24, 2.45) is 0 Å². The van der Waals surface area contributed by atoms with Gasteiger partial charge in [-0.05, 0) is 50.1 Å². The van der Waals surface area contributed by atoms with Crippen LogP contribution in [0.2, 0.25) is 0 Å². The molecule has 1 aromatic heterocycles. The lowest BCUT2D eigenvalue weighted by molar-refractivity contribution is 0.0507. The molecule has 3 aromatic rings. The zero-order valence-corrected chi connectivity index (χ0v) is 20.6. The van der Waals surface area contributed by atoms with Crippen LogP contribution >= 0.6 is 0 Å². The molecule has 0 spiro atoms. The van der Waals surface area contributed by atoms with Crippen molar-refractivity contribution in [2.75, 3.05) is 46.4 Å². The van der Waals surface area contributed by atoms with Crippen LogP contribution in [-0.4, -0.2) is 63.4 Å². The maximum absolute atomic E-state index is 13.6. The summed E-state index contributed by atoms with van der Waals surface area (Å²) in [5.41, 5.74) is 3.45. The van der Waals surface area contributed by atoms with Crippen LogP contribution < -0.4 is 14.4 Å². The summed E-state index contributed by atoms with van der Waals surface area (Å²) in [5.74, 6) is 2.16. The quantitative estimate of drug-likeness (QED) is 0.492. The summed E-state index contributed by atoms with van der Waals surface area (Å²) < 4.78 is 17.1. The van der Waals surface area contributed by atoms with Gasteiger partial charge in [0, 0.05) is 50.3 Å². The number of fused-ring (bicyclic) bond motifs is 1. The highest BCUT2D eigenvalue weighted by Crippen LogP contribution is 2.35. The third kappa shape index (κ3) is 4.94. The second kappa shape index (κ2) is 10.3. The van der Waals surface area contributed by atoms with E-state index in [0.717, 1.165) is 47.3 Å². The van der Waals surface area contributed by atoms with Gasteiger partial charge in [0.2, 0.25) is 0 Å². The Morgan fingerprint density at radius 1 is 1.09 bits per heavy atom. The van der Waals surface area contributed by atoms with Crippen LogP contribution in [0, 0.1) is 6.92 Å². The number of hydrogen-bond acceptors (Lipinski definition) is 6. The molecule has 1 aliphatic heterocycles. The van der Waals surface area contributed by atoms with E-state index in [1.54, 1.807) is 14.2 Å². The van der Waals surface area contributed by atoms with Crippen molar-refractivity contribution >= 4 is 22.6 Å². The van der Waals surface area contributed by atoms with Crippen molar-refractivity contribution in [3.05, 3.63) is 59.2 Å². The third-order valence-corrected chi connectivity index (χ3v) is 6.22. The first kappa shape index (κ1) is 23.8. The molecule has 0 bridgehead atoms. The number of rotatable bonds is 8. The number of methoxy groups -OCH3 is 2. The molecule has 1 fully saturated rings. The van der Waals surface area contributed by atoms with Crippen molar-refractivity contribution < 1.29 is 19.0 Å². The SMILES string of the molecule is COc1ccc(OC)c2nc(N(C)C)c(CN(CC3CCCO3)C(=O)c3ccc(C)cc3)cc12. The molecule has 0 aliphatic carbocycles. The fraction of sp³-hybridized carbons (Fsp3) is 0.407. The van der Waals surface area contributed by atoms with E-state index < -0.39 is 0 Å². The number of nitrogens with zero attached hydrogens (tertiary/aromatic N) is 3. The van der Waals surface area contributed by atoms with E-state index in [1.165, 1.54) is 0 Å². The molecule has 4 rings (SSSR count). The topological polar surface area (TPSA) is 64.1 Å². The normalized spacial score (nSPS) is 15.4. The smallest absolute Gasteiger partial charge is 0.254 e. The van der Waals surface area contributed by atoms with Gasteiger partial charge >= 0.3 is 0 Å². The largest absolute Gasteiger partial charge is 0.496 e. The number of aromatic nitrogens is 1. The van der Waals surface area contributed by atoms with E-state index in [1.807, 2.05) is 67.2 Å². The van der Waals surface area contributed by atoms with Gasteiger partial charge in [-0.25, -0.2) is 4.98 Å². The molecule has 1 atom stereocenters. The molecule has 0 saturated carbocycles. The van der Waals surface area contributed by atoms with Crippen LogP contribution in [0.1, 0.15) is 34.3 Å². The van der Waals surface area contributed by atoms with Gasteiger partial charge in [0.05, 0.1) is 20.3 Å². The summed E-state index contributed by atoms with van der Waals surface area (Å²) in [6, 6.07) is 13.5. The minimum atomic E-state index is -0.0158. The van der Waals surface area contributed by atoms with Crippen LogP contribution in [0.25, 0.3) is 10.9 Å². The highest BCUT2D eigenvalue weighted by atomic mass is 16.5. The molecular weight excluding hydrogens is 430 g/mol. The summed E-state index contributed by atoms with van der Waals surface area (Å²) in [7, 11) is 7.19. The molecule has 0 radical (unpaired) electrons. The first-order chi connectivity index (χ1) is 16.4. The Bertz CT molecular complexity index is 1150. The minimum absolute atomic E-state index is 0.0158. The Balaban J connectivity index is 1.77. The Labute approximate surface area is 201 Å². The van der Waals surface area contributed by atoms with Crippen LogP contribution in [-0.2, 0) is 11.3 Å². The number of benzene rings is 2. The van der Waals surface area contributed by atoms with Crippen LogP contribution in [0.4, 0.5) is 5.82 Å². The van der Waals surface area contributed by atoms with Crippen molar-refractivity contribution in [1.82, 2.24) is 9.88 Å². The number of pyridine rings is 1. The second-order valence-electron chi connectivity index (χ2n) is 8.92. The molecule has 0 N–H and O–H groups in total. The van der Waals surface area contributed by atoms with Gasteiger partial charge in [-0.1, -0.05) is 17.7 Å². The number of amides is 1. The predicted molar refractivity (Wildman–Crippen MR) is 134 cm³/mol. The molecular formula is C27H33N3O4. The molecule has 2 heterocycles. The molecule has 1 amide bonds. The summed E-state index contributed by atoms with van der Waals surface area (Å²) >= 11 is 0. The van der Waals surface area contributed by atoms with E-state index in [2.05, 4.69) is 6.07 Å². The summed E-state index contributed by atoms with van der Waals surface area (Å²) in [5, 5.41) is 0.849. The number of hydrogen-bond donors (Lipinski definition) is 0. The second-order valence-corrected chi connectivity index (χ2v) is 8.92. The molecule has 1 aliphatic rings. The van der Waals surface area contributed by atoms with Gasteiger partial charge in [0.15, 0.2) is 0 Å². The summed E-state index contributed by atoms with van der Waals surface area (Å²) in [6.45, 7) is 3.70. The zero-order chi connectivity index (χ0) is 24.2. The molecule has 1 saturated heterocycles. The minimum Gasteiger partial charge on any atom is -0.496 e. The number of anilines is 1. The van der Waals surface area contributed by atoms with Crippen molar-refractivity contribution in [3.63, 3.8) is 0 Å². The number of carbonyl (C=O) groups is 1. The van der Waals surface area contributed by atoms with Gasteiger partial charge in [0.1, 0.15) is 22.8 Å². The van der Waals surface area contributed by atoms with E-state index in [9.17, 15) is 4.79 Å². The lowest BCUT2D eigenvalue weighted by atomic mass is 10.1. The predicted octanol–water partition coefficient (Wildman–Crippen LogP) is 4.45. The lowest BCUT2D eigenvalue weighted by Crippen LogP contribution is -2.37. The maximum atomic E-state index is 13.6. The van der Waals surface area contributed by atoms with E-state index in [0.29, 0.717) is 30.2 Å². The zero-order valence-electron chi connectivity index (χ0n) is 20.6. The average Bonchev–Trinajstić information content (AvgIpc) is 3.35. The molecule has 1 unspecified atom stereocenters. The first-order valence-corrected chi connectivity index (χ1v) is 11.6. The van der Waals surface area contributed by atoms with Gasteiger partial charge < -0.3 is 24.0 Å². The summed E-state index contributed by atoms with van der Waals surface area (Å²) in [4.78, 5) is 22.4. The van der Waals surface area contributed by atoms with E-state index in [-0.39, 0.29) is 12.0 Å². The van der Waals surface area contributed by atoms with Crippen molar-refractivity contribution in [2.45, 2.75) is 32.4 Å². The first-order valence-electron chi connectivity index (χ1n) is 11.6. The number of ether oxygens (including phenoxy) is 3. The fourth-order valence-electron chi connectivity index (χ4n) is 4.42. The fourth-order valence-corrected chi connectivity index (χ4v) is 4.42. The Morgan fingerprint density at radius 2 is 1.79 bits per heavy atom. The van der Waals surface area contributed by atoms with Gasteiger partial charge in [0.25, 0.3) is 5.91 Å². The molecule has 180 valence electrons. The van der Waals surface area contributed by atoms with E-state index >= 15 is 0 Å². The van der Waals surface area contributed by atoms with Gasteiger partial charge in [-0.2, -0.15) is 0 Å². The van der Waals surface area contributed by atoms with Crippen LogP contribution in [0.15, 0.2) is 42.5 Å². The maximum Gasteiger partial charge on any atom is 0.254 e. The molecule has 34 heavy (non-hydrogen) atoms. The van der Waals surface area contributed by atoms with Gasteiger partial charge in [-0.15, -0.1) is 0 Å². The van der Waals surface area contributed by atoms with Crippen LogP contribution in [0.3, 0.4) is 0 Å². The number of carbonyl (C=O) groups excluding carboxylic acids is 1. The lowest BCUT2D eigenvalue weighted by Gasteiger charge is -2.28. The van der Waals surface area contributed by atoms with Crippen molar-refractivity contribution in [1.29, 1.82) is 0 Å². The Hall–Kier alpha value is -3.32. The molecule has 7 heteroatoms. The van der Waals surface area contributed by atoms with Crippen LogP contribution in [0.5, 0.6) is 11.5 Å². The monoisotopic (exact) mass is 463 g/mol. The highest BCUT2D eigenvalue weighted by Gasteiger charge is 2.26. The molecule has 2 aromatic carbocycles. The Morgan fingerprint density at radius 3 is 2.41 bits per heavy atom. The third-order valence-electron chi connectivity index (χ3n) is 6.22. The molecule has 7 nitrogen and oxygen atoms in total. The summed E-state index contributed by atoms with van der Waals surface area (Å²) in [6.07, 6.45) is 2.02. The Kier molecular flexibility index (Phi) is 7.22. The van der Waals surface area contributed by atoms with Crippen molar-refractivity contribution in [3.8, 4) is 11.5 Å². The van der Waals surface area contributed by atoms with E-state index in [4.69, 9.17) is 19.2 Å². The number of aryl methyl sites for hydroxylation is 1. The highest BCUT2D eigenvalue weighted by molar-refractivity contribution is 5.95. The average molecular weight is 464 g/mol. The standard InChI is InChI=1S/C27H33N3O4/c1-18-8-10-19(11-9-18)27(31)30(17-21-7-6-14-34-21)16-20-15-22-23(32-4)12-13-24(33-5)25(22)28-26(20)29(2)3/h8-13,15,21H,6-7,14,16-17H2,1-5H3.